The third-order valence-electron chi connectivity index (χ3n) is 5.49. The first-order valence-corrected chi connectivity index (χ1v) is 10.0. The summed E-state index contributed by atoms with van der Waals surface area (Å²) in [7, 11) is 0. The number of carbonyl (C=O) groups is 2. The number of fused-ring (bicyclic) bond motifs is 2. The maximum absolute atomic E-state index is 12.5. The van der Waals surface area contributed by atoms with Gasteiger partial charge in [-0.3, -0.25) is 9.59 Å². The number of anilines is 1. The highest BCUT2D eigenvalue weighted by atomic mass is 16.5. The standard InChI is InChI=1S/C23H25N3O3/c1-3-26(4-2)12-11-24-22(27)15-9-10-17-16(13-15)14-29-21(17)20-18-7-5-6-8-19(18)25-23(20)28/h5-10,13H,3-4,11-12,14H2,1-2H3,(H,24,27)(H,25,28)/b21-20-. The first kappa shape index (κ1) is 19.2. The fourth-order valence-electron chi connectivity index (χ4n) is 3.82. The molecule has 4 rings (SSSR count). The number of benzene rings is 2. The van der Waals surface area contributed by atoms with E-state index in [1.54, 1.807) is 6.07 Å². The second kappa shape index (κ2) is 8.09. The summed E-state index contributed by atoms with van der Waals surface area (Å²) in [5.41, 5.74) is 4.58. The molecule has 0 atom stereocenters. The lowest BCUT2D eigenvalue weighted by Gasteiger charge is -2.18. The smallest absolute Gasteiger partial charge is 0.260 e. The summed E-state index contributed by atoms with van der Waals surface area (Å²) in [4.78, 5) is 27.3. The molecule has 6 heteroatoms. The van der Waals surface area contributed by atoms with E-state index in [9.17, 15) is 9.59 Å². The number of amides is 2. The Balaban J connectivity index is 1.54. The van der Waals surface area contributed by atoms with Crippen molar-refractivity contribution < 1.29 is 14.3 Å². The Morgan fingerprint density at radius 3 is 2.72 bits per heavy atom. The molecule has 2 amide bonds. The van der Waals surface area contributed by atoms with Crippen molar-refractivity contribution in [3.63, 3.8) is 0 Å². The van der Waals surface area contributed by atoms with Crippen molar-refractivity contribution >= 4 is 28.8 Å². The highest BCUT2D eigenvalue weighted by Gasteiger charge is 2.32. The lowest BCUT2D eigenvalue weighted by molar-refractivity contribution is -0.110. The van der Waals surface area contributed by atoms with E-state index in [4.69, 9.17) is 4.74 Å². The van der Waals surface area contributed by atoms with E-state index in [0.29, 0.717) is 30.0 Å². The highest BCUT2D eigenvalue weighted by Crippen LogP contribution is 2.41. The van der Waals surface area contributed by atoms with Crippen molar-refractivity contribution in [3.05, 3.63) is 64.7 Å². The zero-order valence-corrected chi connectivity index (χ0v) is 16.7. The fraction of sp³-hybridized carbons (Fsp3) is 0.304. The molecule has 0 saturated carbocycles. The van der Waals surface area contributed by atoms with E-state index < -0.39 is 0 Å². The van der Waals surface area contributed by atoms with Gasteiger partial charge in [-0.15, -0.1) is 0 Å². The third-order valence-corrected chi connectivity index (χ3v) is 5.49. The number of para-hydroxylation sites is 1. The summed E-state index contributed by atoms with van der Waals surface area (Å²) in [6.07, 6.45) is 0. The maximum atomic E-state index is 12.5. The first-order chi connectivity index (χ1) is 14.1. The van der Waals surface area contributed by atoms with Crippen LogP contribution in [0.25, 0.3) is 11.3 Å². The third kappa shape index (κ3) is 3.63. The van der Waals surface area contributed by atoms with Crippen molar-refractivity contribution in [2.45, 2.75) is 20.5 Å². The molecular weight excluding hydrogens is 366 g/mol. The number of nitrogens with one attached hydrogen (secondary N) is 2. The Morgan fingerprint density at radius 2 is 1.93 bits per heavy atom. The van der Waals surface area contributed by atoms with Crippen LogP contribution in [0.1, 0.15) is 40.9 Å². The summed E-state index contributed by atoms with van der Waals surface area (Å²) in [5, 5.41) is 5.86. The SMILES string of the molecule is CCN(CC)CCNC(=O)c1ccc2c(c1)CO/C2=C1\C(=O)Nc2ccccc21. The van der Waals surface area contributed by atoms with E-state index in [2.05, 4.69) is 29.4 Å². The molecule has 0 saturated heterocycles. The molecule has 2 aromatic carbocycles. The van der Waals surface area contributed by atoms with Gasteiger partial charge in [0.15, 0.2) is 0 Å². The molecule has 0 aromatic heterocycles. The van der Waals surface area contributed by atoms with Gasteiger partial charge in [0.25, 0.3) is 11.8 Å². The molecule has 0 unspecified atom stereocenters. The van der Waals surface area contributed by atoms with Gasteiger partial charge in [0.2, 0.25) is 0 Å². The van der Waals surface area contributed by atoms with Gasteiger partial charge in [-0.25, -0.2) is 0 Å². The predicted molar refractivity (Wildman–Crippen MR) is 113 cm³/mol. The normalized spacial score (nSPS) is 17.0. The lowest BCUT2D eigenvalue weighted by Crippen LogP contribution is -2.34. The number of carbonyl (C=O) groups excluding carboxylic acids is 2. The zero-order chi connectivity index (χ0) is 20.4. The lowest BCUT2D eigenvalue weighted by atomic mass is 9.99. The van der Waals surface area contributed by atoms with Crippen LogP contribution in [-0.4, -0.2) is 42.9 Å². The molecule has 0 radical (unpaired) electrons. The van der Waals surface area contributed by atoms with Crippen molar-refractivity contribution in [2.75, 3.05) is 31.5 Å². The number of hydrogen-bond donors (Lipinski definition) is 2. The quantitative estimate of drug-likeness (QED) is 0.743. The van der Waals surface area contributed by atoms with Crippen LogP contribution >= 0.6 is 0 Å². The van der Waals surface area contributed by atoms with Gasteiger partial charge in [0.05, 0.1) is 5.57 Å². The van der Waals surface area contributed by atoms with E-state index in [-0.39, 0.29) is 11.8 Å². The Labute approximate surface area is 170 Å². The highest BCUT2D eigenvalue weighted by molar-refractivity contribution is 6.36. The Morgan fingerprint density at radius 1 is 1.14 bits per heavy atom. The summed E-state index contributed by atoms with van der Waals surface area (Å²) < 4.78 is 5.89. The molecule has 150 valence electrons. The Bertz CT molecular complexity index is 993. The second-order valence-corrected chi connectivity index (χ2v) is 7.15. The number of nitrogens with zero attached hydrogens (tertiary/aromatic N) is 1. The molecule has 2 N–H and O–H groups in total. The van der Waals surface area contributed by atoms with Crippen molar-refractivity contribution in [1.29, 1.82) is 0 Å². The number of rotatable bonds is 6. The molecule has 0 aliphatic carbocycles. The second-order valence-electron chi connectivity index (χ2n) is 7.15. The molecular formula is C23H25N3O3. The molecule has 2 heterocycles. The van der Waals surface area contributed by atoms with Crippen LogP contribution in [0, 0.1) is 0 Å². The van der Waals surface area contributed by atoms with Crippen LogP contribution in [0.3, 0.4) is 0 Å². The van der Waals surface area contributed by atoms with Crippen molar-refractivity contribution in [3.8, 4) is 0 Å². The summed E-state index contributed by atoms with van der Waals surface area (Å²) >= 11 is 0. The monoisotopic (exact) mass is 391 g/mol. The summed E-state index contributed by atoms with van der Waals surface area (Å²) in [6.45, 7) is 7.96. The van der Waals surface area contributed by atoms with E-state index in [0.717, 1.165) is 42.0 Å². The molecule has 29 heavy (non-hydrogen) atoms. The van der Waals surface area contributed by atoms with Gasteiger partial charge in [0, 0.05) is 41.0 Å². The van der Waals surface area contributed by atoms with Gasteiger partial charge < -0.3 is 20.3 Å². The fourth-order valence-corrected chi connectivity index (χ4v) is 3.82. The summed E-state index contributed by atoms with van der Waals surface area (Å²) in [6, 6.07) is 13.1. The minimum atomic E-state index is -0.160. The van der Waals surface area contributed by atoms with Crippen LogP contribution in [0.2, 0.25) is 0 Å². The molecule has 0 spiro atoms. The number of likely N-dealkylation sites (N-methyl/N-ethyl adjacent to an activating group) is 1. The minimum Gasteiger partial charge on any atom is -0.487 e. The molecule has 0 bridgehead atoms. The maximum Gasteiger partial charge on any atom is 0.260 e. The van der Waals surface area contributed by atoms with Gasteiger partial charge in [0.1, 0.15) is 12.4 Å². The van der Waals surface area contributed by atoms with Crippen LogP contribution < -0.4 is 10.6 Å². The van der Waals surface area contributed by atoms with E-state index >= 15 is 0 Å². The predicted octanol–water partition coefficient (Wildman–Crippen LogP) is 3.11. The largest absolute Gasteiger partial charge is 0.487 e. The molecule has 0 fully saturated rings. The zero-order valence-electron chi connectivity index (χ0n) is 16.7. The van der Waals surface area contributed by atoms with Crippen molar-refractivity contribution in [1.82, 2.24) is 10.2 Å². The van der Waals surface area contributed by atoms with Gasteiger partial charge >= 0.3 is 0 Å². The molecule has 6 nitrogen and oxygen atoms in total. The Hall–Kier alpha value is -3.12. The van der Waals surface area contributed by atoms with Crippen LogP contribution in [0.4, 0.5) is 5.69 Å². The van der Waals surface area contributed by atoms with Crippen LogP contribution in [-0.2, 0) is 16.1 Å². The van der Waals surface area contributed by atoms with Crippen LogP contribution in [0.5, 0.6) is 0 Å². The number of hydrogen-bond acceptors (Lipinski definition) is 4. The molecule has 2 aromatic rings. The van der Waals surface area contributed by atoms with Gasteiger partial charge in [-0.1, -0.05) is 38.1 Å². The minimum absolute atomic E-state index is 0.0926. The average molecular weight is 391 g/mol. The van der Waals surface area contributed by atoms with Gasteiger partial charge in [-0.05, 0) is 31.3 Å². The average Bonchev–Trinajstić information content (AvgIpc) is 3.30. The molecule has 2 aliphatic rings. The first-order valence-electron chi connectivity index (χ1n) is 10.0. The Kier molecular flexibility index (Phi) is 5.36. The van der Waals surface area contributed by atoms with Crippen molar-refractivity contribution in [2.24, 2.45) is 0 Å². The van der Waals surface area contributed by atoms with Crippen LogP contribution in [0.15, 0.2) is 42.5 Å². The van der Waals surface area contributed by atoms with Gasteiger partial charge in [-0.2, -0.15) is 0 Å². The van der Waals surface area contributed by atoms with E-state index in [1.807, 2.05) is 36.4 Å². The number of ether oxygens (including phenoxy) is 1. The molecule has 2 aliphatic heterocycles. The van der Waals surface area contributed by atoms with E-state index in [1.165, 1.54) is 0 Å². The topological polar surface area (TPSA) is 70.7 Å². The summed E-state index contributed by atoms with van der Waals surface area (Å²) in [5.74, 6) is 0.327.